The normalized spacial score (nSPS) is 15.5. The first-order chi connectivity index (χ1) is 10.6. The SMILES string of the molecule is COc1ccccc1CC(=O)NCC1CCN(C(C)=O)CC1. The predicted octanol–water partition coefficient (Wildman–Crippen LogP) is 1.61. The van der Waals surface area contributed by atoms with Crippen molar-refractivity contribution < 1.29 is 14.3 Å². The molecule has 1 saturated heterocycles. The van der Waals surface area contributed by atoms with Gasteiger partial charge in [-0.15, -0.1) is 0 Å². The first kappa shape index (κ1) is 16.3. The lowest BCUT2D eigenvalue weighted by molar-refractivity contribution is -0.130. The second kappa shape index (κ2) is 7.82. The molecular formula is C17H24N2O3. The maximum Gasteiger partial charge on any atom is 0.224 e. The Kier molecular flexibility index (Phi) is 5.81. The zero-order chi connectivity index (χ0) is 15.9. The van der Waals surface area contributed by atoms with Crippen molar-refractivity contribution in [2.75, 3.05) is 26.7 Å². The first-order valence-corrected chi connectivity index (χ1v) is 7.74. The van der Waals surface area contributed by atoms with Gasteiger partial charge in [-0.05, 0) is 24.8 Å². The van der Waals surface area contributed by atoms with E-state index in [1.54, 1.807) is 14.0 Å². The molecule has 1 aliphatic rings. The van der Waals surface area contributed by atoms with E-state index in [9.17, 15) is 9.59 Å². The Labute approximate surface area is 131 Å². The number of rotatable bonds is 5. The monoisotopic (exact) mass is 304 g/mol. The van der Waals surface area contributed by atoms with E-state index in [2.05, 4.69) is 5.32 Å². The lowest BCUT2D eigenvalue weighted by Crippen LogP contribution is -2.40. The summed E-state index contributed by atoms with van der Waals surface area (Å²) in [5.41, 5.74) is 0.897. The molecule has 0 radical (unpaired) electrons. The van der Waals surface area contributed by atoms with Gasteiger partial charge in [0.2, 0.25) is 11.8 Å². The number of nitrogens with zero attached hydrogens (tertiary/aromatic N) is 1. The smallest absolute Gasteiger partial charge is 0.224 e. The van der Waals surface area contributed by atoms with E-state index in [0.717, 1.165) is 37.2 Å². The summed E-state index contributed by atoms with van der Waals surface area (Å²) >= 11 is 0. The molecule has 120 valence electrons. The Morgan fingerprint density at radius 2 is 1.95 bits per heavy atom. The van der Waals surface area contributed by atoms with Gasteiger partial charge in [0.25, 0.3) is 0 Å². The van der Waals surface area contributed by atoms with Crippen LogP contribution in [0, 0.1) is 5.92 Å². The Balaban J connectivity index is 1.75. The van der Waals surface area contributed by atoms with Crippen molar-refractivity contribution in [1.82, 2.24) is 10.2 Å². The van der Waals surface area contributed by atoms with Crippen LogP contribution in [0.3, 0.4) is 0 Å². The molecular weight excluding hydrogens is 280 g/mol. The molecule has 2 rings (SSSR count). The molecule has 0 unspecified atom stereocenters. The number of piperidine rings is 1. The molecule has 1 aliphatic heterocycles. The Morgan fingerprint density at radius 3 is 2.59 bits per heavy atom. The third-order valence-corrected chi connectivity index (χ3v) is 4.19. The van der Waals surface area contributed by atoms with Crippen LogP contribution in [-0.2, 0) is 16.0 Å². The summed E-state index contributed by atoms with van der Waals surface area (Å²) in [4.78, 5) is 25.2. The van der Waals surface area contributed by atoms with Crippen molar-refractivity contribution in [3.8, 4) is 5.75 Å². The number of amides is 2. The Hall–Kier alpha value is -2.04. The van der Waals surface area contributed by atoms with E-state index in [1.807, 2.05) is 29.2 Å². The van der Waals surface area contributed by atoms with E-state index in [0.29, 0.717) is 18.9 Å². The van der Waals surface area contributed by atoms with Crippen molar-refractivity contribution in [2.24, 2.45) is 5.92 Å². The molecule has 1 aromatic carbocycles. The second-order valence-corrected chi connectivity index (χ2v) is 5.74. The van der Waals surface area contributed by atoms with Gasteiger partial charge in [0, 0.05) is 32.1 Å². The third-order valence-electron chi connectivity index (χ3n) is 4.19. The van der Waals surface area contributed by atoms with Gasteiger partial charge in [-0.2, -0.15) is 0 Å². The van der Waals surface area contributed by atoms with Crippen molar-refractivity contribution in [3.63, 3.8) is 0 Å². The highest BCUT2D eigenvalue weighted by Gasteiger charge is 2.21. The van der Waals surface area contributed by atoms with E-state index in [4.69, 9.17) is 4.74 Å². The number of likely N-dealkylation sites (tertiary alicyclic amines) is 1. The fraction of sp³-hybridized carbons (Fsp3) is 0.529. The maximum absolute atomic E-state index is 12.1. The lowest BCUT2D eigenvalue weighted by atomic mass is 9.96. The number of carbonyl (C=O) groups excluding carboxylic acids is 2. The first-order valence-electron chi connectivity index (χ1n) is 7.74. The average molecular weight is 304 g/mol. The lowest BCUT2D eigenvalue weighted by Gasteiger charge is -2.31. The molecule has 0 aliphatic carbocycles. The molecule has 22 heavy (non-hydrogen) atoms. The summed E-state index contributed by atoms with van der Waals surface area (Å²) < 4.78 is 5.26. The number of para-hydroxylation sites is 1. The minimum absolute atomic E-state index is 0.0125. The van der Waals surface area contributed by atoms with Gasteiger partial charge in [-0.25, -0.2) is 0 Å². The number of benzene rings is 1. The largest absolute Gasteiger partial charge is 0.496 e. The molecule has 1 heterocycles. The fourth-order valence-electron chi connectivity index (χ4n) is 2.79. The van der Waals surface area contributed by atoms with Crippen LogP contribution < -0.4 is 10.1 Å². The van der Waals surface area contributed by atoms with E-state index in [-0.39, 0.29) is 11.8 Å². The number of nitrogens with one attached hydrogen (secondary N) is 1. The van der Waals surface area contributed by atoms with E-state index < -0.39 is 0 Å². The maximum atomic E-state index is 12.1. The van der Waals surface area contributed by atoms with Crippen molar-refractivity contribution in [2.45, 2.75) is 26.2 Å². The van der Waals surface area contributed by atoms with Crippen LogP contribution in [0.4, 0.5) is 0 Å². The minimum Gasteiger partial charge on any atom is -0.496 e. The van der Waals surface area contributed by atoms with E-state index in [1.165, 1.54) is 0 Å². The molecule has 1 N–H and O–H groups in total. The topological polar surface area (TPSA) is 58.6 Å². The summed E-state index contributed by atoms with van der Waals surface area (Å²) in [5, 5.41) is 3.00. The zero-order valence-corrected chi connectivity index (χ0v) is 13.3. The van der Waals surface area contributed by atoms with Gasteiger partial charge in [0.15, 0.2) is 0 Å². The molecule has 0 aromatic heterocycles. The second-order valence-electron chi connectivity index (χ2n) is 5.74. The van der Waals surface area contributed by atoms with Gasteiger partial charge in [0.1, 0.15) is 5.75 Å². The van der Waals surface area contributed by atoms with Crippen molar-refractivity contribution in [3.05, 3.63) is 29.8 Å². The van der Waals surface area contributed by atoms with Gasteiger partial charge >= 0.3 is 0 Å². The number of carbonyl (C=O) groups is 2. The highest BCUT2D eigenvalue weighted by atomic mass is 16.5. The molecule has 1 fully saturated rings. The minimum atomic E-state index is 0.0125. The van der Waals surface area contributed by atoms with Crippen molar-refractivity contribution >= 4 is 11.8 Å². The number of hydrogen-bond donors (Lipinski definition) is 1. The summed E-state index contributed by atoms with van der Waals surface area (Å²) in [6.07, 6.45) is 2.24. The third kappa shape index (κ3) is 4.48. The van der Waals surface area contributed by atoms with Crippen LogP contribution in [-0.4, -0.2) is 43.5 Å². The van der Waals surface area contributed by atoms with Crippen LogP contribution in [0.1, 0.15) is 25.3 Å². The van der Waals surface area contributed by atoms with E-state index >= 15 is 0 Å². The summed E-state index contributed by atoms with van der Waals surface area (Å²) in [5.74, 6) is 1.35. The molecule has 5 heteroatoms. The van der Waals surface area contributed by atoms with Gasteiger partial charge < -0.3 is 15.0 Å². The predicted molar refractivity (Wildman–Crippen MR) is 84.7 cm³/mol. The quantitative estimate of drug-likeness (QED) is 0.899. The number of hydrogen-bond acceptors (Lipinski definition) is 3. The van der Waals surface area contributed by atoms with Gasteiger partial charge in [-0.3, -0.25) is 9.59 Å². The summed E-state index contributed by atoms with van der Waals surface area (Å²) in [6, 6.07) is 7.56. The van der Waals surface area contributed by atoms with Crippen LogP contribution in [0.5, 0.6) is 5.75 Å². The Bertz CT molecular complexity index is 522. The van der Waals surface area contributed by atoms with Crippen LogP contribution >= 0.6 is 0 Å². The highest BCUT2D eigenvalue weighted by molar-refractivity contribution is 5.79. The molecule has 0 spiro atoms. The van der Waals surface area contributed by atoms with Gasteiger partial charge in [-0.1, -0.05) is 18.2 Å². The van der Waals surface area contributed by atoms with Gasteiger partial charge in [0.05, 0.1) is 13.5 Å². The summed E-state index contributed by atoms with van der Waals surface area (Å²) in [6.45, 7) is 3.87. The molecule has 5 nitrogen and oxygen atoms in total. The Morgan fingerprint density at radius 1 is 1.27 bits per heavy atom. The molecule has 2 amide bonds. The van der Waals surface area contributed by atoms with Crippen LogP contribution in [0.25, 0.3) is 0 Å². The zero-order valence-electron chi connectivity index (χ0n) is 13.3. The molecule has 1 aromatic rings. The molecule has 0 saturated carbocycles. The highest BCUT2D eigenvalue weighted by Crippen LogP contribution is 2.18. The van der Waals surface area contributed by atoms with Crippen LogP contribution in [0.2, 0.25) is 0 Å². The average Bonchev–Trinajstić information content (AvgIpc) is 2.54. The fourth-order valence-corrected chi connectivity index (χ4v) is 2.79. The number of ether oxygens (including phenoxy) is 1. The molecule has 0 bridgehead atoms. The summed E-state index contributed by atoms with van der Waals surface area (Å²) in [7, 11) is 1.61. The van der Waals surface area contributed by atoms with Crippen molar-refractivity contribution in [1.29, 1.82) is 0 Å². The number of methoxy groups -OCH3 is 1. The van der Waals surface area contributed by atoms with Crippen LogP contribution in [0.15, 0.2) is 24.3 Å². The molecule has 0 atom stereocenters. The standard InChI is InChI=1S/C17H24N2O3/c1-13(20)19-9-7-14(8-10-19)12-18-17(21)11-15-5-3-4-6-16(15)22-2/h3-6,14H,7-12H2,1-2H3,(H,18,21).